The first kappa shape index (κ1) is 14.7. The van der Waals surface area contributed by atoms with E-state index in [0.29, 0.717) is 25.3 Å². The molecular formula is C12H18N4O3. The van der Waals surface area contributed by atoms with Gasteiger partial charge in [0.1, 0.15) is 5.82 Å². The highest BCUT2D eigenvalue weighted by molar-refractivity contribution is 5.95. The number of esters is 1. The third kappa shape index (κ3) is 4.46. The Morgan fingerprint density at radius 1 is 1.47 bits per heavy atom. The number of rotatable bonds is 6. The number of anilines is 2. The monoisotopic (exact) mass is 266 g/mol. The molecular weight excluding hydrogens is 248 g/mol. The van der Waals surface area contributed by atoms with Crippen LogP contribution in [0.3, 0.4) is 0 Å². The molecule has 1 aromatic heterocycles. The number of amides is 1. The second-order valence-corrected chi connectivity index (χ2v) is 3.78. The van der Waals surface area contributed by atoms with E-state index < -0.39 is 5.97 Å². The first-order valence-corrected chi connectivity index (χ1v) is 5.92. The summed E-state index contributed by atoms with van der Waals surface area (Å²) in [6.07, 6.45) is 1.70. The summed E-state index contributed by atoms with van der Waals surface area (Å²) >= 11 is 0. The average Bonchev–Trinajstić information content (AvgIpc) is 2.40. The summed E-state index contributed by atoms with van der Waals surface area (Å²) in [6.45, 7) is 2.88. The van der Waals surface area contributed by atoms with Gasteiger partial charge in [-0.1, -0.05) is 0 Å². The fourth-order valence-electron chi connectivity index (χ4n) is 1.44. The Kier molecular flexibility index (Phi) is 5.59. The Balaban J connectivity index is 2.60. The molecule has 0 unspecified atom stereocenters. The number of methoxy groups -OCH3 is 1. The topological polar surface area (TPSA) is 106 Å². The van der Waals surface area contributed by atoms with Crippen LogP contribution in [0.25, 0.3) is 0 Å². The largest absolute Gasteiger partial charge is 0.465 e. The van der Waals surface area contributed by atoms with Crippen molar-refractivity contribution in [2.45, 2.75) is 13.3 Å². The van der Waals surface area contributed by atoms with Gasteiger partial charge in [-0.2, -0.15) is 0 Å². The summed E-state index contributed by atoms with van der Waals surface area (Å²) in [5, 5.41) is 5.63. The molecule has 0 aromatic carbocycles. The minimum Gasteiger partial charge on any atom is -0.465 e. The number of hydrogen-bond acceptors (Lipinski definition) is 6. The van der Waals surface area contributed by atoms with Gasteiger partial charge in [-0.3, -0.25) is 4.79 Å². The van der Waals surface area contributed by atoms with Crippen molar-refractivity contribution in [3.63, 3.8) is 0 Å². The molecule has 0 spiro atoms. The van der Waals surface area contributed by atoms with Gasteiger partial charge < -0.3 is 21.1 Å². The molecule has 0 atom stereocenters. The van der Waals surface area contributed by atoms with Crippen LogP contribution >= 0.6 is 0 Å². The van der Waals surface area contributed by atoms with E-state index >= 15 is 0 Å². The number of carbonyl (C=O) groups excluding carboxylic acids is 2. The van der Waals surface area contributed by atoms with Crippen molar-refractivity contribution in [1.29, 1.82) is 0 Å². The van der Waals surface area contributed by atoms with Crippen molar-refractivity contribution >= 4 is 23.4 Å². The SMILES string of the molecule is CCNC(=O)CCNc1cc(C(=O)OC)c(N)cn1. The fraction of sp³-hybridized carbons (Fsp3) is 0.417. The number of nitrogens with two attached hydrogens (primary N) is 1. The second-order valence-electron chi connectivity index (χ2n) is 3.78. The van der Waals surface area contributed by atoms with Gasteiger partial charge >= 0.3 is 5.97 Å². The molecule has 4 N–H and O–H groups in total. The minimum absolute atomic E-state index is 0.0429. The zero-order valence-corrected chi connectivity index (χ0v) is 11.0. The minimum atomic E-state index is -0.522. The highest BCUT2D eigenvalue weighted by atomic mass is 16.5. The maximum atomic E-state index is 11.4. The molecule has 7 heteroatoms. The molecule has 0 aliphatic rings. The lowest BCUT2D eigenvalue weighted by atomic mass is 10.2. The number of hydrogen-bond donors (Lipinski definition) is 3. The fourth-order valence-corrected chi connectivity index (χ4v) is 1.44. The van der Waals surface area contributed by atoms with Gasteiger partial charge in [-0.05, 0) is 13.0 Å². The van der Waals surface area contributed by atoms with Crippen LogP contribution in [-0.4, -0.2) is 37.1 Å². The Labute approximate surface area is 111 Å². The molecule has 1 rings (SSSR count). The number of nitrogen functional groups attached to an aromatic ring is 1. The maximum Gasteiger partial charge on any atom is 0.340 e. The maximum absolute atomic E-state index is 11.4. The summed E-state index contributed by atoms with van der Waals surface area (Å²) in [7, 11) is 1.28. The van der Waals surface area contributed by atoms with E-state index in [1.807, 2.05) is 6.92 Å². The zero-order chi connectivity index (χ0) is 14.3. The molecule has 0 aliphatic heterocycles. The normalized spacial score (nSPS) is 9.79. The molecule has 0 aliphatic carbocycles. The Bertz CT molecular complexity index is 462. The van der Waals surface area contributed by atoms with Crippen LogP contribution in [0.1, 0.15) is 23.7 Å². The number of nitrogens with one attached hydrogen (secondary N) is 2. The first-order valence-electron chi connectivity index (χ1n) is 5.92. The van der Waals surface area contributed by atoms with Crippen LogP contribution < -0.4 is 16.4 Å². The van der Waals surface area contributed by atoms with Crippen LogP contribution in [0.5, 0.6) is 0 Å². The number of nitrogens with zero attached hydrogens (tertiary/aromatic N) is 1. The van der Waals surface area contributed by atoms with Crippen molar-refractivity contribution in [1.82, 2.24) is 10.3 Å². The number of pyridine rings is 1. The van der Waals surface area contributed by atoms with Crippen molar-refractivity contribution in [3.05, 3.63) is 17.8 Å². The van der Waals surface area contributed by atoms with E-state index in [4.69, 9.17) is 5.73 Å². The van der Waals surface area contributed by atoms with Crippen LogP contribution in [0.15, 0.2) is 12.3 Å². The molecule has 1 heterocycles. The van der Waals surface area contributed by atoms with Gasteiger partial charge in [0, 0.05) is 19.5 Å². The van der Waals surface area contributed by atoms with Gasteiger partial charge in [-0.25, -0.2) is 9.78 Å². The van der Waals surface area contributed by atoms with Crippen LogP contribution in [0.4, 0.5) is 11.5 Å². The van der Waals surface area contributed by atoms with E-state index in [0.717, 1.165) is 0 Å². The number of aromatic nitrogens is 1. The third-order valence-electron chi connectivity index (χ3n) is 2.37. The highest BCUT2D eigenvalue weighted by Crippen LogP contribution is 2.15. The van der Waals surface area contributed by atoms with Crippen LogP contribution in [0.2, 0.25) is 0 Å². The number of carbonyl (C=O) groups is 2. The molecule has 0 saturated carbocycles. The van der Waals surface area contributed by atoms with E-state index in [2.05, 4.69) is 20.4 Å². The van der Waals surface area contributed by atoms with Gasteiger partial charge in [-0.15, -0.1) is 0 Å². The third-order valence-corrected chi connectivity index (χ3v) is 2.37. The van der Waals surface area contributed by atoms with Crippen LogP contribution in [-0.2, 0) is 9.53 Å². The Morgan fingerprint density at radius 2 is 2.21 bits per heavy atom. The summed E-state index contributed by atoms with van der Waals surface area (Å²) in [5.74, 6) is -0.0933. The quantitative estimate of drug-likeness (QED) is 0.643. The predicted octanol–water partition coefficient (Wildman–Crippen LogP) is 0.388. The lowest BCUT2D eigenvalue weighted by Crippen LogP contribution is -2.24. The molecule has 0 bridgehead atoms. The van der Waals surface area contributed by atoms with Crippen molar-refractivity contribution < 1.29 is 14.3 Å². The van der Waals surface area contributed by atoms with E-state index in [1.165, 1.54) is 19.4 Å². The van der Waals surface area contributed by atoms with Crippen molar-refractivity contribution in [3.8, 4) is 0 Å². The van der Waals surface area contributed by atoms with Gasteiger partial charge in [0.15, 0.2) is 0 Å². The Morgan fingerprint density at radius 3 is 2.84 bits per heavy atom. The first-order chi connectivity index (χ1) is 9.08. The molecule has 104 valence electrons. The highest BCUT2D eigenvalue weighted by Gasteiger charge is 2.11. The van der Waals surface area contributed by atoms with E-state index in [9.17, 15) is 9.59 Å². The summed E-state index contributed by atoms with van der Waals surface area (Å²) < 4.78 is 4.61. The second kappa shape index (κ2) is 7.20. The summed E-state index contributed by atoms with van der Waals surface area (Å²) in [6, 6.07) is 1.50. The van der Waals surface area contributed by atoms with E-state index in [-0.39, 0.29) is 17.2 Å². The van der Waals surface area contributed by atoms with Gasteiger partial charge in [0.25, 0.3) is 0 Å². The molecule has 0 fully saturated rings. The lowest BCUT2D eigenvalue weighted by molar-refractivity contribution is -0.120. The summed E-state index contributed by atoms with van der Waals surface area (Å²) in [5.41, 5.74) is 6.13. The Hall–Kier alpha value is -2.31. The van der Waals surface area contributed by atoms with Gasteiger partial charge in [0.05, 0.1) is 24.6 Å². The molecule has 7 nitrogen and oxygen atoms in total. The lowest BCUT2D eigenvalue weighted by Gasteiger charge is -2.08. The zero-order valence-electron chi connectivity index (χ0n) is 11.0. The average molecular weight is 266 g/mol. The standard InChI is InChI=1S/C12H18N4O3/c1-3-14-11(17)4-5-15-10-6-8(12(18)19-2)9(13)7-16-10/h6-7H,3-5,13H2,1-2H3,(H,14,17)(H,15,16). The molecule has 19 heavy (non-hydrogen) atoms. The van der Waals surface area contributed by atoms with Crippen LogP contribution in [0, 0.1) is 0 Å². The van der Waals surface area contributed by atoms with Gasteiger partial charge in [0.2, 0.25) is 5.91 Å². The molecule has 1 aromatic rings. The number of ether oxygens (including phenoxy) is 1. The van der Waals surface area contributed by atoms with Crippen molar-refractivity contribution in [2.24, 2.45) is 0 Å². The molecule has 0 radical (unpaired) electrons. The van der Waals surface area contributed by atoms with Crippen molar-refractivity contribution in [2.75, 3.05) is 31.2 Å². The smallest absolute Gasteiger partial charge is 0.340 e. The predicted molar refractivity (Wildman–Crippen MR) is 71.8 cm³/mol. The van der Waals surface area contributed by atoms with E-state index in [1.54, 1.807) is 0 Å². The molecule has 1 amide bonds. The molecule has 0 saturated heterocycles. The summed E-state index contributed by atoms with van der Waals surface area (Å²) in [4.78, 5) is 26.7.